The third-order valence-corrected chi connectivity index (χ3v) is 4.89. The number of carbonyl (C=O) groups is 1. The Morgan fingerprint density at radius 3 is 2.73 bits per heavy atom. The van der Waals surface area contributed by atoms with Gasteiger partial charge >= 0.3 is 6.03 Å². The number of methoxy groups -OCH3 is 1. The molecule has 2 bridgehead atoms. The van der Waals surface area contributed by atoms with E-state index in [0.717, 1.165) is 17.0 Å². The molecule has 2 amide bonds. The van der Waals surface area contributed by atoms with E-state index in [0.29, 0.717) is 24.5 Å². The van der Waals surface area contributed by atoms with Gasteiger partial charge in [-0.05, 0) is 44.2 Å². The van der Waals surface area contributed by atoms with Crippen molar-refractivity contribution < 1.29 is 19.0 Å². The van der Waals surface area contributed by atoms with Crippen molar-refractivity contribution in [1.29, 1.82) is 0 Å². The standard InChI is InChI=1S/C20H22N2O4/c1-4-25-17-7-5-6-15-16-12-20(2,26-18(15)17)22(19(23)21-16)13-8-10-14(24-3)11-9-13/h5-11,16H,4,12H2,1-3H3,(H,21,23)/t16-,20-/m0/s1. The molecule has 0 unspecified atom stereocenters. The zero-order valence-corrected chi connectivity index (χ0v) is 15.1. The molecule has 2 aromatic carbocycles. The number of ether oxygens (including phenoxy) is 3. The molecule has 1 fully saturated rings. The minimum Gasteiger partial charge on any atom is -0.497 e. The molecule has 2 aliphatic heterocycles. The van der Waals surface area contributed by atoms with Crippen LogP contribution in [0.1, 0.15) is 31.9 Å². The molecule has 6 nitrogen and oxygen atoms in total. The van der Waals surface area contributed by atoms with Gasteiger partial charge in [0.25, 0.3) is 0 Å². The fraction of sp³-hybridized carbons (Fsp3) is 0.350. The number of para-hydroxylation sites is 1. The van der Waals surface area contributed by atoms with Gasteiger partial charge in [0.1, 0.15) is 5.75 Å². The van der Waals surface area contributed by atoms with Gasteiger partial charge in [0.15, 0.2) is 17.2 Å². The number of carbonyl (C=O) groups excluding carboxylic acids is 1. The Balaban J connectivity index is 1.76. The lowest BCUT2D eigenvalue weighted by atomic mass is 9.90. The lowest BCUT2D eigenvalue weighted by molar-refractivity contribution is 0.0343. The molecule has 0 radical (unpaired) electrons. The third kappa shape index (κ3) is 2.53. The summed E-state index contributed by atoms with van der Waals surface area (Å²) in [4.78, 5) is 14.5. The first-order valence-corrected chi connectivity index (χ1v) is 8.75. The van der Waals surface area contributed by atoms with Crippen LogP contribution in [0.15, 0.2) is 42.5 Å². The van der Waals surface area contributed by atoms with Crippen molar-refractivity contribution in [2.45, 2.75) is 32.0 Å². The van der Waals surface area contributed by atoms with E-state index in [1.54, 1.807) is 12.0 Å². The van der Waals surface area contributed by atoms with E-state index in [1.807, 2.05) is 56.3 Å². The Morgan fingerprint density at radius 2 is 2.04 bits per heavy atom. The van der Waals surface area contributed by atoms with Gasteiger partial charge in [0, 0.05) is 17.7 Å². The molecule has 4 rings (SSSR count). The van der Waals surface area contributed by atoms with Gasteiger partial charge in [-0.15, -0.1) is 0 Å². The fourth-order valence-electron chi connectivity index (χ4n) is 3.75. The molecule has 1 saturated heterocycles. The van der Waals surface area contributed by atoms with Gasteiger partial charge in [-0.2, -0.15) is 0 Å². The van der Waals surface area contributed by atoms with Gasteiger partial charge in [0.05, 0.1) is 19.8 Å². The highest BCUT2D eigenvalue weighted by Gasteiger charge is 2.50. The van der Waals surface area contributed by atoms with Crippen molar-refractivity contribution in [2.75, 3.05) is 18.6 Å². The number of benzene rings is 2. The maximum Gasteiger partial charge on any atom is 0.325 e. The van der Waals surface area contributed by atoms with Crippen molar-refractivity contribution >= 4 is 11.7 Å². The van der Waals surface area contributed by atoms with Crippen molar-refractivity contribution in [2.24, 2.45) is 0 Å². The number of urea groups is 1. The van der Waals surface area contributed by atoms with Crippen LogP contribution in [0.3, 0.4) is 0 Å². The molecule has 2 heterocycles. The van der Waals surface area contributed by atoms with Crippen LogP contribution >= 0.6 is 0 Å². The molecule has 0 saturated carbocycles. The van der Waals surface area contributed by atoms with Crippen LogP contribution in [-0.2, 0) is 0 Å². The van der Waals surface area contributed by atoms with Crippen LogP contribution in [0.25, 0.3) is 0 Å². The number of nitrogens with zero attached hydrogens (tertiary/aromatic N) is 1. The average Bonchev–Trinajstić information content (AvgIpc) is 2.62. The number of nitrogens with one attached hydrogen (secondary N) is 1. The lowest BCUT2D eigenvalue weighted by Crippen LogP contribution is -2.65. The predicted octanol–water partition coefficient (Wildman–Crippen LogP) is 3.86. The van der Waals surface area contributed by atoms with E-state index >= 15 is 0 Å². The number of hydrogen-bond acceptors (Lipinski definition) is 4. The van der Waals surface area contributed by atoms with Crippen molar-refractivity contribution in [3.05, 3.63) is 48.0 Å². The Labute approximate surface area is 152 Å². The van der Waals surface area contributed by atoms with Crippen LogP contribution in [0.4, 0.5) is 10.5 Å². The lowest BCUT2D eigenvalue weighted by Gasteiger charge is -2.50. The molecular weight excluding hydrogens is 332 g/mol. The monoisotopic (exact) mass is 354 g/mol. The van der Waals surface area contributed by atoms with E-state index in [4.69, 9.17) is 14.2 Å². The Bertz CT molecular complexity index is 836. The second-order valence-electron chi connectivity index (χ2n) is 6.62. The first-order chi connectivity index (χ1) is 12.6. The molecule has 2 aliphatic rings. The SMILES string of the molecule is CCOc1cccc2c1O[C@@]1(C)C[C@@H]2NC(=O)N1c1ccc(OC)cc1. The van der Waals surface area contributed by atoms with Gasteiger partial charge < -0.3 is 19.5 Å². The molecule has 1 N–H and O–H groups in total. The maximum atomic E-state index is 12.9. The second-order valence-corrected chi connectivity index (χ2v) is 6.62. The van der Waals surface area contributed by atoms with Crippen molar-refractivity contribution in [3.8, 4) is 17.2 Å². The molecule has 6 heteroatoms. The summed E-state index contributed by atoms with van der Waals surface area (Å²) in [6.07, 6.45) is 0.646. The highest BCUT2D eigenvalue weighted by atomic mass is 16.5. The molecule has 2 aromatic rings. The molecule has 0 spiro atoms. The molecule has 0 aromatic heterocycles. The Kier molecular flexibility index (Phi) is 3.90. The Morgan fingerprint density at radius 1 is 1.27 bits per heavy atom. The van der Waals surface area contributed by atoms with E-state index in [-0.39, 0.29) is 12.1 Å². The first-order valence-electron chi connectivity index (χ1n) is 8.75. The minimum atomic E-state index is -0.804. The minimum absolute atomic E-state index is 0.105. The van der Waals surface area contributed by atoms with Gasteiger partial charge in [-0.25, -0.2) is 4.79 Å². The average molecular weight is 354 g/mol. The zero-order valence-electron chi connectivity index (χ0n) is 15.1. The third-order valence-electron chi connectivity index (χ3n) is 4.89. The van der Waals surface area contributed by atoms with Gasteiger partial charge in [-0.3, -0.25) is 4.90 Å². The highest BCUT2D eigenvalue weighted by Crippen LogP contribution is 2.49. The van der Waals surface area contributed by atoms with Gasteiger partial charge in [0.2, 0.25) is 0 Å². The van der Waals surface area contributed by atoms with Crippen LogP contribution in [0, 0.1) is 0 Å². The van der Waals surface area contributed by atoms with Crippen molar-refractivity contribution in [3.63, 3.8) is 0 Å². The van der Waals surface area contributed by atoms with E-state index in [1.165, 1.54) is 0 Å². The maximum absolute atomic E-state index is 12.9. The number of fused-ring (bicyclic) bond motifs is 4. The van der Waals surface area contributed by atoms with Crippen LogP contribution in [-0.4, -0.2) is 25.5 Å². The quantitative estimate of drug-likeness (QED) is 0.906. The number of amides is 2. The summed E-state index contributed by atoms with van der Waals surface area (Å²) in [7, 11) is 1.62. The summed E-state index contributed by atoms with van der Waals surface area (Å²) in [6, 6.07) is 12.9. The highest BCUT2D eigenvalue weighted by molar-refractivity contribution is 5.95. The van der Waals surface area contributed by atoms with Crippen molar-refractivity contribution in [1.82, 2.24) is 5.32 Å². The summed E-state index contributed by atoms with van der Waals surface area (Å²) in [5.74, 6) is 2.14. The van der Waals surface area contributed by atoms with Crippen LogP contribution in [0.5, 0.6) is 17.2 Å². The molecule has 0 aliphatic carbocycles. The second kappa shape index (κ2) is 6.12. The normalized spacial score (nSPS) is 23.6. The molecule has 26 heavy (non-hydrogen) atoms. The summed E-state index contributed by atoms with van der Waals surface area (Å²) in [5.41, 5.74) is 0.902. The van der Waals surface area contributed by atoms with Crippen LogP contribution in [0.2, 0.25) is 0 Å². The van der Waals surface area contributed by atoms with Gasteiger partial charge in [-0.1, -0.05) is 12.1 Å². The number of rotatable bonds is 4. The largest absolute Gasteiger partial charge is 0.497 e. The number of hydrogen-bond donors (Lipinski definition) is 1. The summed E-state index contributed by atoms with van der Waals surface area (Å²) in [5, 5.41) is 3.10. The molecule has 2 atom stereocenters. The topological polar surface area (TPSA) is 60.0 Å². The summed E-state index contributed by atoms with van der Waals surface area (Å²) in [6.45, 7) is 4.43. The summed E-state index contributed by atoms with van der Waals surface area (Å²) < 4.78 is 17.3. The van der Waals surface area contributed by atoms with Crippen LogP contribution < -0.4 is 24.4 Å². The predicted molar refractivity (Wildman–Crippen MR) is 98.0 cm³/mol. The smallest absolute Gasteiger partial charge is 0.325 e. The van der Waals surface area contributed by atoms with E-state index in [9.17, 15) is 4.79 Å². The molecule has 136 valence electrons. The number of anilines is 1. The zero-order chi connectivity index (χ0) is 18.3. The van der Waals surface area contributed by atoms with E-state index in [2.05, 4.69) is 5.32 Å². The molecular formula is C20H22N2O4. The summed E-state index contributed by atoms with van der Waals surface area (Å²) >= 11 is 0. The fourth-order valence-corrected chi connectivity index (χ4v) is 3.75. The Hall–Kier alpha value is -2.89. The van der Waals surface area contributed by atoms with E-state index < -0.39 is 5.72 Å². The first kappa shape index (κ1) is 16.6.